The van der Waals surface area contributed by atoms with Crippen LogP contribution in [0.2, 0.25) is 0 Å². The van der Waals surface area contributed by atoms with Crippen molar-refractivity contribution in [2.24, 2.45) is 0 Å². The lowest BCUT2D eigenvalue weighted by atomic mass is 10.0. The van der Waals surface area contributed by atoms with Crippen LogP contribution in [0.15, 0.2) is 45.3 Å². The molecule has 0 bridgehead atoms. The molecule has 3 rings (SSSR count). The van der Waals surface area contributed by atoms with Gasteiger partial charge >= 0.3 is 0 Å². The van der Waals surface area contributed by atoms with E-state index in [4.69, 9.17) is 16.3 Å². The van der Waals surface area contributed by atoms with E-state index in [0.717, 1.165) is 38.8 Å². The van der Waals surface area contributed by atoms with Gasteiger partial charge < -0.3 is 4.74 Å². The first-order valence-corrected chi connectivity index (χ1v) is 8.02. The minimum atomic E-state index is -0.159. The third-order valence-corrected chi connectivity index (χ3v) is 4.91. The van der Waals surface area contributed by atoms with Gasteiger partial charge in [0, 0.05) is 15.4 Å². The van der Waals surface area contributed by atoms with Gasteiger partial charge in [0.1, 0.15) is 5.75 Å². The van der Waals surface area contributed by atoms with E-state index in [2.05, 4.69) is 37.9 Å². The Morgan fingerprint density at radius 1 is 1.11 bits per heavy atom. The number of benzene rings is 2. The fourth-order valence-corrected chi connectivity index (χ4v) is 3.98. The predicted molar refractivity (Wildman–Crippen MR) is 85.2 cm³/mol. The zero-order valence-corrected chi connectivity index (χ0v) is 13.9. The lowest BCUT2D eigenvalue weighted by molar-refractivity contribution is 0.357. The van der Waals surface area contributed by atoms with Gasteiger partial charge in [0.15, 0.2) is 0 Å². The van der Waals surface area contributed by atoms with Crippen LogP contribution in [-0.2, 0) is 6.42 Å². The fourth-order valence-electron chi connectivity index (χ4n) is 2.25. The second kappa shape index (κ2) is 5.47. The summed E-state index contributed by atoms with van der Waals surface area (Å²) in [5.41, 5.74) is 3.43. The number of hydrogen-bond donors (Lipinski definition) is 0. The molecule has 1 atom stereocenters. The van der Waals surface area contributed by atoms with Crippen LogP contribution in [0.4, 0.5) is 0 Å². The Morgan fingerprint density at radius 3 is 2.74 bits per heavy atom. The number of alkyl halides is 1. The van der Waals surface area contributed by atoms with Gasteiger partial charge in [-0.3, -0.25) is 0 Å². The first-order chi connectivity index (χ1) is 9.15. The minimum absolute atomic E-state index is 0.159. The van der Waals surface area contributed by atoms with E-state index < -0.39 is 0 Å². The smallest absolute Gasteiger partial charge is 0.122 e. The van der Waals surface area contributed by atoms with Crippen LogP contribution >= 0.6 is 43.5 Å². The standard InChI is InChI=1S/C15H11Br2ClO/c16-11-2-3-12(13(17)8-11)15(18)10-1-4-14-9(7-10)5-6-19-14/h1-4,7-8,15H,5-6H2. The minimum Gasteiger partial charge on any atom is -0.493 e. The number of ether oxygens (including phenoxy) is 1. The molecule has 1 unspecified atom stereocenters. The maximum absolute atomic E-state index is 6.60. The first kappa shape index (κ1) is 13.5. The van der Waals surface area contributed by atoms with Crippen LogP contribution in [0.5, 0.6) is 5.75 Å². The molecule has 0 aliphatic carbocycles. The molecule has 2 aromatic rings. The van der Waals surface area contributed by atoms with Crippen LogP contribution in [-0.4, -0.2) is 6.61 Å². The average Bonchev–Trinajstić information content (AvgIpc) is 2.85. The Labute approximate surface area is 134 Å². The summed E-state index contributed by atoms with van der Waals surface area (Å²) in [7, 11) is 0. The summed E-state index contributed by atoms with van der Waals surface area (Å²) >= 11 is 13.6. The van der Waals surface area contributed by atoms with Gasteiger partial charge in [0.25, 0.3) is 0 Å². The van der Waals surface area contributed by atoms with E-state index in [1.807, 2.05) is 30.3 Å². The molecule has 19 heavy (non-hydrogen) atoms. The molecule has 0 amide bonds. The maximum Gasteiger partial charge on any atom is 0.122 e. The SMILES string of the molecule is ClC(c1ccc2c(c1)CCO2)c1ccc(Br)cc1Br. The maximum atomic E-state index is 6.60. The number of rotatable bonds is 2. The third kappa shape index (κ3) is 2.69. The molecule has 98 valence electrons. The first-order valence-electron chi connectivity index (χ1n) is 6.00. The molecule has 0 fully saturated rings. The highest BCUT2D eigenvalue weighted by Gasteiger charge is 2.18. The van der Waals surface area contributed by atoms with E-state index in [-0.39, 0.29) is 5.38 Å². The van der Waals surface area contributed by atoms with Crippen molar-refractivity contribution in [3.63, 3.8) is 0 Å². The summed E-state index contributed by atoms with van der Waals surface area (Å²) in [5, 5.41) is -0.159. The molecule has 0 N–H and O–H groups in total. The van der Waals surface area contributed by atoms with Crippen molar-refractivity contribution in [1.82, 2.24) is 0 Å². The van der Waals surface area contributed by atoms with E-state index in [1.54, 1.807) is 0 Å². The molecule has 1 nitrogen and oxygen atoms in total. The molecule has 0 saturated carbocycles. The molecule has 0 radical (unpaired) electrons. The van der Waals surface area contributed by atoms with Crippen molar-refractivity contribution < 1.29 is 4.74 Å². The van der Waals surface area contributed by atoms with Crippen LogP contribution in [0.25, 0.3) is 0 Å². The summed E-state index contributed by atoms with van der Waals surface area (Å²) in [5.74, 6) is 0.988. The Kier molecular flexibility index (Phi) is 3.88. The molecule has 2 aromatic carbocycles. The molecular formula is C15H11Br2ClO. The van der Waals surface area contributed by atoms with E-state index in [0.29, 0.717) is 0 Å². The highest BCUT2D eigenvalue weighted by molar-refractivity contribution is 9.11. The normalized spacial score (nSPS) is 14.9. The Balaban J connectivity index is 1.97. The summed E-state index contributed by atoms with van der Waals surface area (Å²) in [6.07, 6.45) is 0.967. The molecular weight excluding hydrogens is 391 g/mol. The van der Waals surface area contributed by atoms with Gasteiger partial charge in [-0.05, 0) is 34.9 Å². The summed E-state index contributed by atoms with van der Waals surface area (Å²) < 4.78 is 7.57. The van der Waals surface area contributed by atoms with Crippen molar-refractivity contribution in [2.45, 2.75) is 11.8 Å². The average molecular weight is 403 g/mol. The van der Waals surface area contributed by atoms with Crippen LogP contribution in [0.1, 0.15) is 22.1 Å². The highest BCUT2D eigenvalue weighted by atomic mass is 79.9. The van der Waals surface area contributed by atoms with Gasteiger partial charge in [-0.25, -0.2) is 0 Å². The van der Waals surface area contributed by atoms with Gasteiger partial charge in [0.05, 0.1) is 12.0 Å². The molecule has 4 heteroatoms. The van der Waals surface area contributed by atoms with Gasteiger partial charge in [-0.2, -0.15) is 0 Å². The van der Waals surface area contributed by atoms with E-state index in [1.165, 1.54) is 5.56 Å². The Morgan fingerprint density at radius 2 is 1.95 bits per heavy atom. The summed E-state index contributed by atoms with van der Waals surface area (Å²) in [4.78, 5) is 0. The molecule has 0 aromatic heterocycles. The van der Waals surface area contributed by atoms with Crippen molar-refractivity contribution in [1.29, 1.82) is 0 Å². The number of halogens is 3. The van der Waals surface area contributed by atoms with Gasteiger partial charge in [-0.15, -0.1) is 11.6 Å². The zero-order chi connectivity index (χ0) is 13.4. The fraction of sp³-hybridized carbons (Fsp3) is 0.200. The molecule has 0 saturated heterocycles. The summed E-state index contributed by atoms with van der Waals surface area (Å²) in [6, 6.07) is 12.3. The zero-order valence-electron chi connectivity index (χ0n) is 10.00. The lowest BCUT2D eigenvalue weighted by Crippen LogP contribution is -1.95. The molecule has 1 aliphatic rings. The molecule has 0 spiro atoms. The van der Waals surface area contributed by atoms with Crippen molar-refractivity contribution in [3.8, 4) is 5.75 Å². The third-order valence-electron chi connectivity index (χ3n) is 3.24. The summed E-state index contributed by atoms with van der Waals surface area (Å²) in [6.45, 7) is 0.772. The van der Waals surface area contributed by atoms with Crippen molar-refractivity contribution in [2.75, 3.05) is 6.61 Å². The van der Waals surface area contributed by atoms with Gasteiger partial charge in [-0.1, -0.05) is 50.1 Å². The molecule has 1 aliphatic heterocycles. The van der Waals surface area contributed by atoms with Gasteiger partial charge in [0.2, 0.25) is 0 Å². The highest BCUT2D eigenvalue weighted by Crippen LogP contribution is 2.37. The second-order valence-corrected chi connectivity index (χ2v) is 6.70. The monoisotopic (exact) mass is 400 g/mol. The second-order valence-electron chi connectivity index (χ2n) is 4.49. The van der Waals surface area contributed by atoms with E-state index in [9.17, 15) is 0 Å². The quantitative estimate of drug-likeness (QED) is 0.605. The number of fused-ring (bicyclic) bond motifs is 1. The van der Waals surface area contributed by atoms with Crippen molar-refractivity contribution >= 4 is 43.5 Å². The van der Waals surface area contributed by atoms with Crippen LogP contribution < -0.4 is 4.74 Å². The number of hydrogen-bond acceptors (Lipinski definition) is 1. The van der Waals surface area contributed by atoms with Crippen LogP contribution in [0, 0.1) is 0 Å². The topological polar surface area (TPSA) is 9.23 Å². The largest absolute Gasteiger partial charge is 0.493 e. The van der Waals surface area contributed by atoms with Crippen LogP contribution in [0.3, 0.4) is 0 Å². The van der Waals surface area contributed by atoms with Crippen molar-refractivity contribution in [3.05, 3.63) is 62.0 Å². The Hall–Kier alpha value is -0.510. The lowest BCUT2D eigenvalue weighted by Gasteiger charge is -2.13. The predicted octanol–water partition coefficient (Wildman–Crippen LogP) is 5.47. The van der Waals surface area contributed by atoms with E-state index >= 15 is 0 Å². The molecule has 1 heterocycles. The Bertz CT molecular complexity index is 628.